The van der Waals surface area contributed by atoms with E-state index in [0.29, 0.717) is 0 Å². The number of hydrogen-bond donors (Lipinski definition) is 0. The lowest BCUT2D eigenvalue weighted by atomic mass is 9.91. The molecule has 0 heterocycles. The summed E-state index contributed by atoms with van der Waals surface area (Å²) >= 11 is 6.25. The number of nitriles is 1. The Hall–Kier alpha value is -1.00. The van der Waals surface area contributed by atoms with Gasteiger partial charge in [-0.2, -0.15) is 5.26 Å². The van der Waals surface area contributed by atoms with Crippen molar-refractivity contribution in [1.29, 1.82) is 5.26 Å². The summed E-state index contributed by atoms with van der Waals surface area (Å²) in [6.07, 6.45) is 1.90. The third-order valence-corrected chi connectivity index (χ3v) is 3.47. The Morgan fingerprint density at radius 1 is 1.29 bits per heavy atom. The average molecular weight is 206 g/mol. The molecule has 72 valence electrons. The molecule has 0 bridgehead atoms. The van der Waals surface area contributed by atoms with Crippen molar-refractivity contribution in [2.45, 2.75) is 32.1 Å². The molecule has 0 N–H and O–H groups in total. The molecule has 1 aromatic carbocycles. The van der Waals surface area contributed by atoms with Gasteiger partial charge in [0.05, 0.1) is 11.5 Å². The Morgan fingerprint density at radius 2 is 1.86 bits per heavy atom. The first-order chi connectivity index (χ1) is 6.60. The molecule has 1 saturated carbocycles. The normalized spacial score (nSPS) is 17.6. The van der Waals surface area contributed by atoms with E-state index in [9.17, 15) is 0 Å². The first kappa shape index (κ1) is 9.55. The van der Waals surface area contributed by atoms with Crippen LogP contribution in [0.1, 0.15) is 29.5 Å². The standard InChI is InChI=1S/C12H12ClN/c1-8-3-4-9(2)11(13)10(8)12(7-14)5-6-12/h3-4H,5-6H2,1-2H3. The van der Waals surface area contributed by atoms with Crippen molar-refractivity contribution in [1.82, 2.24) is 0 Å². The zero-order valence-corrected chi connectivity index (χ0v) is 9.15. The van der Waals surface area contributed by atoms with Crippen LogP contribution >= 0.6 is 11.6 Å². The van der Waals surface area contributed by atoms with E-state index in [4.69, 9.17) is 16.9 Å². The van der Waals surface area contributed by atoms with Gasteiger partial charge in [0.1, 0.15) is 0 Å². The summed E-state index contributed by atoms with van der Waals surface area (Å²) < 4.78 is 0. The van der Waals surface area contributed by atoms with E-state index < -0.39 is 0 Å². The maximum atomic E-state index is 9.14. The molecule has 1 fully saturated rings. The van der Waals surface area contributed by atoms with Crippen molar-refractivity contribution < 1.29 is 0 Å². The summed E-state index contributed by atoms with van der Waals surface area (Å²) in [4.78, 5) is 0. The molecule has 0 spiro atoms. The highest BCUT2D eigenvalue weighted by molar-refractivity contribution is 6.32. The van der Waals surface area contributed by atoms with E-state index in [2.05, 4.69) is 6.07 Å². The van der Waals surface area contributed by atoms with Crippen molar-refractivity contribution in [3.8, 4) is 6.07 Å². The molecule has 0 amide bonds. The van der Waals surface area contributed by atoms with E-state index in [1.807, 2.05) is 26.0 Å². The van der Waals surface area contributed by atoms with Gasteiger partial charge in [0.25, 0.3) is 0 Å². The lowest BCUT2D eigenvalue weighted by Gasteiger charge is -2.14. The van der Waals surface area contributed by atoms with E-state index in [-0.39, 0.29) is 5.41 Å². The van der Waals surface area contributed by atoms with Crippen LogP contribution in [0.4, 0.5) is 0 Å². The lowest BCUT2D eigenvalue weighted by molar-refractivity contribution is 0.893. The molecule has 1 aliphatic carbocycles. The number of rotatable bonds is 1. The molecule has 1 aliphatic rings. The molecule has 2 heteroatoms. The van der Waals surface area contributed by atoms with Crippen LogP contribution < -0.4 is 0 Å². The number of benzene rings is 1. The fourth-order valence-corrected chi connectivity index (χ4v) is 2.30. The van der Waals surface area contributed by atoms with Gasteiger partial charge in [0, 0.05) is 5.02 Å². The first-order valence-electron chi connectivity index (χ1n) is 4.78. The minimum absolute atomic E-state index is 0.271. The highest BCUT2D eigenvalue weighted by Crippen LogP contribution is 2.51. The first-order valence-corrected chi connectivity index (χ1v) is 5.16. The third kappa shape index (κ3) is 1.22. The number of halogens is 1. The molecule has 0 radical (unpaired) electrons. The second-order valence-electron chi connectivity index (χ2n) is 4.08. The lowest BCUT2D eigenvalue weighted by Crippen LogP contribution is -2.07. The summed E-state index contributed by atoms with van der Waals surface area (Å²) in [5, 5.41) is 9.92. The minimum atomic E-state index is -0.271. The largest absolute Gasteiger partial charge is 0.197 e. The minimum Gasteiger partial charge on any atom is -0.197 e. The second-order valence-corrected chi connectivity index (χ2v) is 4.46. The summed E-state index contributed by atoms with van der Waals surface area (Å²) in [5.41, 5.74) is 2.99. The van der Waals surface area contributed by atoms with E-state index >= 15 is 0 Å². The highest BCUT2D eigenvalue weighted by atomic mass is 35.5. The zero-order chi connectivity index (χ0) is 10.3. The maximum absolute atomic E-state index is 9.14. The topological polar surface area (TPSA) is 23.8 Å². The van der Waals surface area contributed by atoms with Gasteiger partial charge >= 0.3 is 0 Å². The van der Waals surface area contributed by atoms with E-state index in [1.54, 1.807) is 0 Å². The van der Waals surface area contributed by atoms with Crippen molar-refractivity contribution in [2.24, 2.45) is 0 Å². The van der Waals surface area contributed by atoms with Gasteiger partial charge in [-0.15, -0.1) is 0 Å². The van der Waals surface area contributed by atoms with Crippen LogP contribution in [0.2, 0.25) is 5.02 Å². The monoisotopic (exact) mass is 205 g/mol. The average Bonchev–Trinajstić information content (AvgIpc) is 2.93. The van der Waals surface area contributed by atoms with Gasteiger partial charge in [-0.05, 0) is 43.4 Å². The van der Waals surface area contributed by atoms with E-state index in [0.717, 1.165) is 34.6 Å². The molecular weight excluding hydrogens is 194 g/mol. The van der Waals surface area contributed by atoms with Crippen molar-refractivity contribution in [2.75, 3.05) is 0 Å². The van der Waals surface area contributed by atoms with Crippen molar-refractivity contribution in [3.63, 3.8) is 0 Å². The maximum Gasteiger partial charge on any atom is 0.0840 e. The van der Waals surface area contributed by atoms with Crippen LogP contribution in [0.15, 0.2) is 12.1 Å². The van der Waals surface area contributed by atoms with E-state index in [1.165, 1.54) is 0 Å². The number of hydrogen-bond acceptors (Lipinski definition) is 1. The predicted molar refractivity (Wildman–Crippen MR) is 57.5 cm³/mol. The Bertz CT molecular complexity index is 425. The summed E-state index contributed by atoms with van der Waals surface area (Å²) in [6, 6.07) is 6.45. The van der Waals surface area contributed by atoms with Crippen LogP contribution in [0.3, 0.4) is 0 Å². The summed E-state index contributed by atoms with van der Waals surface area (Å²) in [5.74, 6) is 0. The molecule has 0 aromatic heterocycles. The Morgan fingerprint density at radius 3 is 2.36 bits per heavy atom. The SMILES string of the molecule is Cc1ccc(C)c(C2(C#N)CC2)c1Cl. The Labute approximate surface area is 89.3 Å². The van der Waals surface area contributed by atoms with Gasteiger partial charge in [-0.3, -0.25) is 0 Å². The number of aryl methyl sites for hydroxylation is 2. The van der Waals surface area contributed by atoms with Crippen LogP contribution in [0.25, 0.3) is 0 Å². The van der Waals surface area contributed by atoms with Gasteiger partial charge in [0.15, 0.2) is 0 Å². The number of nitrogens with zero attached hydrogens (tertiary/aromatic N) is 1. The van der Waals surface area contributed by atoms with Gasteiger partial charge in [-0.1, -0.05) is 23.7 Å². The zero-order valence-electron chi connectivity index (χ0n) is 8.39. The molecule has 0 aliphatic heterocycles. The van der Waals surface area contributed by atoms with Crippen molar-refractivity contribution in [3.05, 3.63) is 33.8 Å². The van der Waals surface area contributed by atoms with Gasteiger partial charge < -0.3 is 0 Å². The molecule has 0 saturated heterocycles. The van der Waals surface area contributed by atoms with Crippen LogP contribution in [0.5, 0.6) is 0 Å². The molecule has 0 unspecified atom stereocenters. The summed E-state index contributed by atoms with van der Waals surface area (Å²) in [7, 11) is 0. The molecular formula is C12H12ClN. The summed E-state index contributed by atoms with van der Waals surface area (Å²) in [6.45, 7) is 4.01. The molecule has 1 nitrogen and oxygen atoms in total. The fourth-order valence-electron chi connectivity index (χ4n) is 1.91. The smallest absolute Gasteiger partial charge is 0.0840 e. The quantitative estimate of drug-likeness (QED) is 0.688. The van der Waals surface area contributed by atoms with Crippen LogP contribution in [0, 0.1) is 25.2 Å². The van der Waals surface area contributed by atoms with Crippen LogP contribution in [-0.2, 0) is 5.41 Å². The molecule has 0 atom stereocenters. The van der Waals surface area contributed by atoms with Gasteiger partial charge in [0.2, 0.25) is 0 Å². The van der Waals surface area contributed by atoms with Crippen LogP contribution in [-0.4, -0.2) is 0 Å². The highest BCUT2D eigenvalue weighted by Gasteiger charge is 2.47. The Kier molecular flexibility index (Phi) is 2.05. The molecule has 1 aromatic rings. The fraction of sp³-hybridized carbons (Fsp3) is 0.417. The van der Waals surface area contributed by atoms with Gasteiger partial charge in [-0.25, -0.2) is 0 Å². The second kappa shape index (κ2) is 3.00. The Balaban J connectivity index is 2.64. The predicted octanol–water partition coefficient (Wildman–Crippen LogP) is 3.51. The molecule has 14 heavy (non-hydrogen) atoms. The molecule has 2 rings (SSSR count). The third-order valence-electron chi connectivity index (χ3n) is 2.99. The van der Waals surface area contributed by atoms with Crippen molar-refractivity contribution >= 4 is 11.6 Å².